The Morgan fingerprint density at radius 1 is 0.923 bits per heavy atom. The molecule has 1 aliphatic heterocycles. The first-order valence-electron chi connectivity index (χ1n) is 8.44. The fourth-order valence-electron chi connectivity index (χ4n) is 2.85. The molecule has 1 N–H and O–H groups in total. The molecular formula is C18H22N2O4S2. The van der Waals surface area contributed by atoms with Crippen LogP contribution in [0.15, 0.2) is 58.3 Å². The summed E-state index contributed by atoms with van der Waals surface area (Å²) in [6.07, 6.45) is 1.66. The first-order valence-corrected chi connectivity index (χ1v) is 11.4. The normalized spacial score (nSPS) is 16.0. The molecule has 0 aliphatic carbocycles. The molecule has 1 heterocycles. The third-order valence-corrected chi connectivity index (χ3v) is 7.70. The van der Waals surface area contributed by atoms with Gasteiger partial charge in [-0.05, 0) is 43.5 Å². The molecule has 0 aromatic heterocycles. The van der Waals surface area contributed by atoms with E-state index < -0.39 is 20.0 Å². The lowest BCUT2D eigenvalue weighted by molar-refractivity contribution is 0.477. The van der Waals surface area contributed by atoms with E-state index >= 15 is 0 Å². The van der Waals surface area contributed by atoms with E-state index in [0.717, 1.165) is 24.0 Å². The van der Waals surface area contributed by atoms with Gasteiger partial charge >= 0.3 is 0 Å². The molecule has 0 bridgehead atoms. The Hall–Kier alpha value is -1.74. The molecule has 8 heteroatoms. The summed E-state index contributed by atoms with van der Waals surface area (Å²) in [5.41, 5.74) is 1.93. The van der Waals surface area contributed by atoms with Crippen molar-refractivity contribution in [2.24, 2.45) is 0 Å². The topological polar surface area (TPSA) is 83.5 Å². The fourth-order valence-corrected chi connectivity index (χ4v) is 5.55. The standard InChI is InChI=1S/C18H22N2O4S2/c1-15-7-9-16(10-8-15)14-19-25(21,22)17-5-4-6-18(13-17)26(23,24)20-11-2-3-12-20/h4-10,13,19H,2-3,11-12,14H2,1H3. The van der Waals surface area contributed by atoms with Crippen LogP contribution in [0.4, 0.5) is 0 Å². The second-order valence-electron chi connectivity index (χ2n) is 6.40. The number of benzene rings is 2. The van der Waals surface area contributed by atoms with E-state index in [-0.39, 0.29) is 16.3 Å². The molecule has 3 rings (SSSR count). The first-order chi connectivity index (χ1) is 12.3. The van der Waals surface area contributed by atoms with Gasteiger partial charge in [-0.25, -0.2) is 21.6 Å². The zero-order valence-electron chi connectivity index (χ0n) is 14.6. The third kappa shape index (κ3) is 4.15. The number of hydrogen-bond donors (Lipinski definition) is 1. The molecule has 2 aromatic carbocycles. The minimum absolute atomic E-state index is 0.0117. The van der Waals surface area contributed by atoms with Crippen LogP contribution in [-0.2, 0) is 26.6 Å². The van der Waals surface area contributed by atoms with Crippen molar-refractivity contribution in [1.29, 1.82) is 0 Å². The highest BCUT2D eigenvalue weighted by molar-refractivity contribution is 7.90. The number of hydrogen-bond acceptors (Lipinski definition) is 4. The fraction of sp³-hybridized carbons (Fsp3) is 0.333. The van der Waals surface area contributed by atoms with Gasteiger partial charge in [0.2, 0.25) is 20.0 Å². The predicted molar refractivity (Wildman–Crippen MR) is 99.6 cm³/mol. The Bertz CT molecular complexity index is 978. The summed E-state index contributed by atoms with van der Waals surface area (Å²) in [5, 5.41) is 0. The number of nitrogens with one attached hydrogen (secondary N) is 1. The van der Waals surface area contributed by atoms with E-state index in [1.807, 2.05) is 31.2 Å². The lowest BCUT2D eigenvalue weighted by Crippen LogP contribution is -2.28. The summed E-state index contributed by atoms with van der Waals surface area (Å²) in [6, 6.07) is 13.1. The zero-order valence-corrected chi connectivity index (χ0v) is 16.2. The second-order valence-corrected chi connectivity index (χ2v) is 10.1. The van der Waals surface area contributed by atoms with Crippen molar-refractivity contribution in [3.05, 3.63) is 59.7 Å². The lowest BCUT2D eigenvalue weighted by atomic mass is 10.2. The van der Waals surface area contributed by atoms with Gasteiger partial charge < -0.3 is 0 Å². The van der Waals surface area contributed by atoms with Crippen LogP contribution in [0.5, 0.6) is 0 Å². The van der Waals surface area contributed by atoms with Gasteiger partial charge in [-0.1, -0.05) is 35.9 Å². The van der Waals surface area contributed by atoms with Gasteiger partial charge in [0, 0.05) is 19.6 Å². The molecule has 2 aromatic rings. The van der Waals surface area contributed by atoms with Gasteiger partial charge in [-0.2, -0.15) is 4.31 Å². The summed E-state index contributed by atoms with van der Waals surface area (Å²) < 4.78 is 54.3. The number of sulfonamides is 2. The van der Waals surface area contributed by atoms with Crippen LogP contribution in [0, 0.1) is 6.92 Å². The van der Waals surface area contributed by atoms with Crippen LogP contribution >= 0.6 is 0 Å². The van der Waals surface area contributed by atoms with E-state index in [0.29, 0.717) is 13.1 Å². The van der Waals surface area contributed by atoms with Gasteiger partial charge in [-0.15, -0.1) is 0 Å². The van der Waals surface area contributed by atoms with Gasteiger partial charge in [0.05, 0.1) is 9.79 Å². The van der Waals surface area contributed by atoms with E-state index in [4.69, 9.17) is 0 Å². The maximum Gasteiger partial charge on any atom is 0.243 e. The molecule has 1 saturated heterocycles. The van der Waals surface area contributed by atoms with Crippen molar-refractivity contribution in [2.75, 3.05) is 13.1 Å². The Labute approximate surface area is 155 Å². The molecule has 0 radical (unpaired) electrons. The van der Waals surface area contributed by atoms with Crippen molar-refractivity contribution in [3.8, 4) is 0 Å². The van der Waals surface area contributed by atoms with Crippen LogP contribution in [0.2, 0.25) is 0 Å². The van der Waals surface area contributed by atoms with E-state index in [9.17, 15) is 16.8 Å². The van der Waals surface area contributed by atoms with Crippen LogP contribution in [-0.4, -0.2) is 34.2 Å². The summed E-state index contributed by atoms with van der Waals surface area (Å²) in [4.78, 5) is -0.0394. The first kappa shape index (κ1) is 19.0. The molecular weight excluding hydrogens is 372 g/mol. The van der Waals surface area contributed by atoms with Crippen molar-refractivity contribution >= 4 is 20.0 Å². The summed E-state index contributed by atoms with van der Waals surface area (Å²) in [7, 11) is -7.46. The smallest absolute Gasteiger partial charge is 0.207 e. The highest BCUT2D eigenvalue weighted by Crippen LogP contribution is 2.23. The largest absolute Gasteiger partial charge is 0.243 e. The number of nitrogens with zero attached hydrogens (tertiary/aromatic N) is 1. The van der Waals surface area contributed by atoms with E-state index in [2.05, 4.69) is 4.72 Å². The quantitative estimate of drug-likeness (QED) is 0.815. The van der Waals surface area contributed by atoms with Gasteiger partial charge in [0.25, 0.3) is 0 Å². The third-order valence-electron chi connectivity index (χ3n) is 4.41. The lowest BCUT2D eigenvalue weighted by Gasteiger charge is -2.16. The Morgan fingerprint density at radius 2 is 1.54 bits per heavy atom. The van der Waals surface area contributed by atoms with E-state index in [1.165, 1.54) is 28.6 Å². The minimum atomic E-state index is -3.81. The highest BCUT2D eigenvalue weighted by Gasteiger charge is 2.28. The number of aryl methyl sites for hydroxylation is 1. The highest BCUT2D eigenvalue weighted by atomic mass is 32.2. The number of rotatable bonds is 6. The maximum atomic E-state index is 12.6. The minimum Gasteiger partial charge on any atom is -0.207 e. The van der Waals surface area contributed by atoms with Crippen molar-refractivity contribution < 1.29 is 16.8 Å². The predicted octanol–water partition coefficient (Wildman–Crippen LogP) is 2.26. The molecule has 0 atom stereocenters. The van der Waals surface area contributed by atoms with Crippen LogP contribution in [0.3, 0.4) is 0 Å². The van der Waals surface area contributed by atoms with Crippen molar-refractivity contribution in [3.63, 3.8) is 0 Å². The molecule has 0 spiro atoms. The zero-order chi connectivity index (χ0) is 18.8. The van der Waals surface area contributed by atoms with Gasteiger partial charge in [-0.3, -0.25) is 0 Å². The molecule has 26 heavy (non-hydrogen) atoms. The molecule has 1 aliphatic rings. The van der Waals surface area contributed by atoms with Crippen LogP contribution in [0.25, 0.3) is 0 Å². The molecule has 0 amide bonds. The van der Waals surface area contributed by atoms with Gasteiger partial charge in [0.1, 0.15) is 0 Å². The second kappa shape index (κ2) is 7.48. The molecule has 0 saturated carbocycles. The summed E-state index contributed by atoms with van der Waals surface area (Å²) >= 11 is 0. The average Bonchev–Trinajstić information content (AvgIpc) is 3.17. The SMILES string of the molecule is Cc1ccc(CNS(=O)(=O)c2cccc(S(=O)(=O)N3CCCC3)c2)cc1. The summed E-state index contributed by atoms with van der Waals surface area (Å²) in [6.45, 7) is 3.06. The molecule has 6 nitrogen and oxygen atoms in total. The average molecular weight is 395 g/mol. The monoisotopic (exact) mass is 394 g/mol. The van der Waals surface area contributed by atoms with Gasteiger partial charge in [0.15, 0.2) is 0 Å². The molecule has 1 fully saturated rings. The van der Waals surface area contributed by atoms with E-state index in [1.54, 1.807) is 0 Å². The van der Waals surface area contributed by atoms with Crippen LogP contribution in [0.1, 0.15) is 24.0 Å². The molecule has 0 unspecified atom stereocenters. The van der Waals surface area contributed by atoms with Crippen molar-refractivity contribution in [2.45, 2.75) is 36.1 Å². The summed E-state index contributed by atoms with van der Waals surface area (Å²) in [5.74, 6) is 0. The van der Waals surface area contributed by atoms with Crippen LogP contribution < -0.4 is 4.72 Å². The maximum absolute atomic E-state index is 12.6. The Morgan fingerprint density at radius 3 is 2.19 bits per heavy atom. The Kier molecular flexibility index (Phi) is 5.47. The molecule has 140 valence electrons. The Balaban J connectivity index is 1.80. The van der Waals surface area contributed by atoms with Crippen molar-refractivity contribution in [1.82, 2.24) is 9.03 Å².